The van der Waals surface area contributed by atoms with Gasteiger partial charge in [-0.3, -0.25) is 14.4 Å². The van der Waals surface area contributed by atoms with Gasteiger partial charge in [-0.25, -0.2) is 4.79 Å². The SMILES string of the molecule is Nc1cc(NC(=O)CSCCCOC2CCCCC2)cc(C(=O)NC(CCC(=O)O)C(=O)O)c1. The highest BCUT2D eigenvalue weighted by atomic mass is 32.2. The van der Waals surface area contributed by atoms with Crippen LogP contribution in [-0.2, 0) is 19.1 Å². The molecule has 0 heterocycles. The summed E-state index contributed by atoms with van der Waals surface area (Å²) in [4.78, 5) is 46.7. The van der Waals surface area contributed by atoms with Crippen LogP contribution in [0.15, 0.2) is 18.2 Å². The lowest BCUT2D eigenvalue weighted by molar-refractivity contribution is -0.140. The van der Waals surface area contributed by atoms with E-state index in [1.54, 1.807) is 0 Å². The second-order valence-electron chi connectivity index (χ2n) is 8.23. The van der Waals surface area contributed by atoms with Crippen molar-refractivity contribution < 1.29 is 34.1 Å². The Morgan fingerprint density at radius 3 is 2.53 bits per heavy atom. The minimum absolute atomic E-state index is 0.0596. The van der Waals surface area contributed by atoms with Crippen LogP contribution in [-0.4, -0.2) is 64.2 Å². The highest BCUT2D eigenvalue weighted by molar-refractivity contribution is 7.99. The van der Waals surface area contributed by atoms with Gasteiger partial charge < -0.3 is 31.3 Å². The van der Waals surface area contributed by atoms with Crippen LogP contribution in [0.5, 0.6) is 0 Å². The summed E-state index contributed by atoms with van der Waals surface area (Å²) >= 11 is 1.49. The number of aliphatic carboxylic acids is 2. The van der Waals surface area contributed by atoms with Crippen molar-refractivity contribution in [2.24, 2.45) is 0 Å². The molecule has 1 unspecified atom stereocenters. The summed E-state index contributed by atoms with van der Waals surface area (Å²) in [6, 6.07) is 2.88. The Kier molecular flexibility index (Phi) is 11.7. The van der Waals surface area contributed by atoms with Gasteiger partial charge in [0.2, 0.25) is 5.91 Å². The molecule has 0 bridgehead atoms. The van der Waals surface area contributed by atoms with E-state index in [9.17, 15) is 24.3 Å². The number of nitrogens with two attached hydrogens (primary N) is 1. The second-order valence-corrected chi connectivity index (χ2v) is 9.33. The van der Waals surface area contributed by atoms with Gasteiger partial charge in [0.05, 0.1) is 11.9 Å². The zero-order chi connectivity index (χ0) is 24.9. The largest absolute Gasteiger partial charge is 0.481 e. The molecule has 188 valence electrons. The molecule has 1 atom stereocenters. The highest BCUT2D eigenvalue weighted by Gasteiger charge is 2.22. The molecule has 10 nitrogen and oxygen atoms in total. The lowest BCUT2D eigenvalue weighted by atomic mass is 9.98. The number of thioether (sulfide) groups is 1. The van der Waals surface area contributed by atoms with Crippen molar-refractivity contribution in [3.05, 3.63) is 23.8 Å². The summed E-state index contributed by atoms with van der Waals surface area (Å²) in [5, 5.41) is 22.9. The van der Waals surface area contributed by atoms with Gasteiger partial charge in [0.15, 0.2) is 0 Å². The molecule has 34 heavy (non-hydrogen) atoms. The lowest BCUT2D eigenvalue weighted by Gasteiger charge is -2.21. The van der Waals surface area contributed by atoms with Crippen LogP contribution in [0.2, 0.25) is 0 Å². The molecule has 2 rings (SSSR count). The van der Waals surface area contributed by atoms with E-state index in [0.717, 1.165) is 25.0 Å². The predicted molar refractivity (Wildman–Crippen MR) is 130 cm³/mol. The van der Waals surface area contributed by atoms with E-state index >= 15 is 0 Å². The molecule has 1 aromatic carbocycles. The number of hydrogen-bond donors (Lipinski definition) is 5. The number of carboxylic acids is 2. The molecule has 0 saturated heterocycles. The first-order chi connectivity index (χ1) is 16.2. The summed E-state index contributed by atoms with van der Waals surface area (Å²) < 4.78 is 5.87. The minimum Gasteiger partial charge on any atom is -0.481 e. The van der Waals surface area contributed by atoms with Crippen molar-refractivity contribution >= 4 is 46.9 Å². The summed E-state index contributed by atoms with van der Waals surface area (Å²) in [5.41, 5.74) is 6.42. The Balaban J connectivity index is 1.78. The third-order valence-corrected chi connectivity index (χ3v) is 6.37. The van der Waals surface area contributed by atoms with Crippen molar-refractivity contribution in [2.75, 3.05) is 29.2 Å². The van der Waals surface area contributed by atoms with E-state index in [-0.39, 0.29) is 29.3 Å². The Labute approximate surface area is 203 Å². The first-order valence-corrected chi connectivity index (χ1v) is 12.6. The molecule has 1 fully saturated rings. The third-order valence-electron chi connectivity index (χ3n) is 5.32. The average molecular weight is 496 g/mol. The number of anilines is 2. The Morgan fingerprint density at radius 1 is 1.12 bits per heavy atom. The van der Waals surface area contributed by atoms with E-state index in [4.69, 9.17) is 15.6 Å². The van der Waals surface area contributed by atoms with Gasteiger partial charge in [0, 0.05) is 30.0 Å². The van der Waals surface area contributed by atoms with E-state index < -0.39 is 30.3 Å². The molecule has 1 aromatic rings. The smallest absolute Gasteiger partial charge is 0.326 e. The van der Waals surface area contributed by atoms with Gasteiger partial charge >= 0.3 is 11.9 Å². The van der Waals surface area contributed by atoms with Crippen molar-refractivity contribution in [1.29, 1.82) is 0 Å². The van der Waals surface area contributed by atoms with Crippen molar-refractivity contribution in [2.45, 2.75) is 63.5 Å². The first-order valence-electron chi connectivity index (χ1n) is 11.4. The molecular formula is C23H33N3O7S. The number of carbonyl (C=O) groups is 4. The normalized spacial score (nSPS) is 14.8. The summed E-state index contributed by atoms with van der Waals surface area (Å²) in [5.74, 6) is -2.46. The van der Waals surface area contributed by atoms with Crippen LogP contribution in [0.25, 0.3) is 0 Å². The molecule has 0 spiro atoms. The van der Waals surface area contributed by atoms with Gasteiger partial charge in [-0.15, -0.1) is 0 Å². The molecule has 0 aromatic heterocycles. The van der Waals surface area contributed by atoms with Gasteiger partial charge in [-0.1, -0.05) is 19.3 Å². The number of carbonyl (C=O) groups excluding carboxylic acids is 2. The van der Waals surface area contributed by atoms with Crippen molar-refractivity contribution in [3.63, 3.8) is 0 Å². The van der Waals surface area contributed by atoms with Crippen LogP contribution in [0.3, 0.4) is 0 Å². The first kappa shape index (κ1) is 27.5. The molecule has 11 heteroatoms. The Morgan fingerprint density at radius 2 is 1.85 bits per heavy atom. The van der Waals surface area contributed by atoms with Crippen molar-refractivity contribution in [1.82, 2.24) is 5.32 Å². The van der Waals surface area contributed by atoms with Crippen LogP contribution in [0, 0.1) is 0 Å². The topological polar surface area (TPSA) is 168 Å². The molecule has 1 saturated carbocycles. The Hall–Kier alpha value is -2.79. The number of nitrogen functional groups attached to an aromatic ring is 1. The number of rotatable bonds is 14. The van der Waals surface area contributed by atoms with Gasteiger partial charge in [0.1, 0.15) is 6.04 Å². The zero-order valence-electron chi connectivity index (χ0n) is 19.1. The van der Waals surface area contributed by atoms with Gasteiger partial charge in [-0.05, 0) is 49.6 Å². The molecular weight excluding hydrogens is 462 g/mol. The maximum absolute atomic E-state index is 12.5. The lowest BCUT2D eigenvalue weighted by Crippen LogP contribution is -2.41. The van der Waals surface area contributed by atoms with Crippen molar-refractivity contribution in [3.8, 4) is 0 Å². The molecule has 2 amide bonds. The number of hydrogen-bond acceptors (Lipinski definition) is 7. The quantitative estimate of drug-likeness (QED) is 0.192. The molecule has 1 aliphatic carbocycles. The molecule has 0 radical (unpaired) electrons. The van der Waals surface area contributed by atoms with E-state index in [1.165, 1.54) is 49.2 Å². The van der Waals surface area contributed by atoms with Crippen LogP contribution < -0.4 is 16.4 Å². The van der Waals surface area contributed by atoms with Gasteiger partial charge in [0.25, 0.3) is 5.91 Å². The Bertz CT molecular complexity index is 859. The van der Waals surface area contributed by atoms with Crippen LogP contribution in [0.1, 0.15) is 61.7 Å². The number of amides is 2. The number of ether oxygens (including phenoxy) is 1. The second kappa shape index (κ2) is 14.5. The molecule has 1 aliphatic rings. The number of carboxylic acid groups (broad SMARTS) is 2. The summed E-state index contributed by atoms with van der Waals surface area (Å²) in [6.07, 6.45) is 6.61. The maximum Gasteiger partial charge on any atom is 0.326 e. The fourth-order valence-electron chi connectivity index (χ4n) is 3.63. The maximum atomic E-state index is 12.5. The van der Waals surface area contributed by atoms with Gasteiger partial charge in [-0.2, -0.15) is 11.8 Å². The van der Waals surface area contributed by atoms with E-state index in [0.29, 0.717) is 18.4 Å². The summed E-state index contributed by atoms with van der Waals surface area (Å²) in [6.45, 7) is 0.691. The highest BCUT2D eigenvalue weighted by Crippen LogP contribution is 2.21. The average Bonchev–Trinajstić information content (AvgIpc) is 2.78. The molecule has 0 aliphatic heterocycles. The van der Waals surface area contributed by atoms with E-state index in [2.05, 4.69) is 10.6 Å². The number of nitrogens with one attached hydrogen (secondary N) is 2. The molecule has 6 N–H and O–H groups in total. The summed E-state index contributed by atoms with van der Waals surface area (Å²) in [7, 11) is 0. The predicted octanol–water partition coefficient (Wildman–Crippen LogP) is 2.73. The monoisotopic (exact) mass is 495 g/mol. The standard InChI is InChI=1S/C23H33N3O7S/c24-16-11-15(22(30)26-19(23(31)32)7-8-21(28)29)12-17(13-16)25-20(27)14-34-10-4-9-33-18-5-2-1-3-6-18/h11-13,18-19H,1-10,14,24H2,(H,25,27)(H,26,30)(H,28,29)(H,31,32). The van der Waals surface area contributed by atoms with Crippen LogP contribution >= 0.6 is 11.8 Å². The fraction of sp³-hybridized carbons (Fsp3) is 0.565. The van der Waals surface area contributed by atoms with Crippen LogP contribution in [0.4, 0.5) is 11.4 Å². The van der Waals surface area contributed by atoms with E-state index in [1.807, 2.05) is 0 Å². The zero-order valence-corrected chi connectivity index (χ0v) is 19.9. The third kappa shape index (κ3) is 10.4. The number of benzene rings is 1. The minimum atomic E-state index is -1.36. The fourth-order valence-corrected chi connectivity index (χ4v) is 4.35.